The van der Waals surface area contributed by atoms with E-state index in [1.807, 2.05) is 51.1 Å². The Bertz CT molecular complexity index is 1190. The van der Waals surface area contributed by atoms with Crippen LogP contribution in [-0.2, 0) is 10.0 Å². The van der Waals surface area contributed by atoms with Gasteiger partial charge in [-0.1, -0.05) is 17.7 Å². The Hall–Kier alpha value is -3.17. The second kappa shape index (κ2) is 9.76. The molecule has 0 amide bonds. The third kappa shape index (κ3) is 5.43. The van der Waals surface area contributed by atoms with Crippen LogP contribution in [0.5, 0.6) is 5.75 Å². The molecule has 2 heterocycles. The first-order valence-corrected chi connectivity index (χ1v) is 12.5. The van der Waals surface area contributed by atoms with Crippen LogP contribution in [0, 0.1) is 13.8 Å². The van der Waals surface area contributed by atoms with Crippen molar-refractivity contribution in [3.63, 3.8) is 0 Å². The molecule has 0 atom stereocenters. The molecule has 0 radical (unpaired) electrons. The molecule has 0 aliphatic carbocycles. The van der Waals surface area contributed by atoms with Gasteiger partial charge in [0.25, 0.3) is 0 Å². The van der Waals surface area contributed by atoms with Crippen molar-refractivity contribution < 1.29 is 13.2 Å². The zero-order chi connectivity index (χ0) is 23.4. The third-order valence-corrected chi connectivity index (χ3v) is 7.40. The number of hydrogen-bond acceptors (Lipinski definition) is 7. The fourth-order valence-electron chi connectivity index (χ4n) is 3.72. The molecule has 1 aliphatic rings. The van der Waals surface area contributed by atoms with Crippen LogP contribution in [0.15, 0.2) is 59.5 Å². The van der Waals surface area contributed by atoms with Gasteiger partial charge in [0.05, 0.1) is 11.5 Å². The van der Waals surface area contributed by atoms with E-state index in [1.54, 1.807) is 24.3 Å². The maximum Gasteiger partial charge on any atom is 0.243 e. The van der Waals surface area contributed by atoms with Gasteiger partial charge in [-0.3, -0.25) is 0 Å². The number of anilines is 3. The standard InChI is InChI=1S/C24H29N5O3S/c1-4-32-21-9-11-22(12-10-21)33(30,31)29-15-13-28(14-16-29)23-17-19(3)25-24(27-23)26-20-7-5-18(2)6-8-20/h5-12,17H,4,13-16H2,1-3H3,(H,25,26,27). The average Bonchev–Trinajstić information content (AvgIpc) is 2.81. The number of aromatic nitrogens is 2. The number of piperazine rings is 1. The number of rotatable bonds is 7. The van der Waals surface area contributed by atoms with Gasteiger partial charge in [0.1, 0.15) is 11.6 Å². The van der Waals surface area contributed by atoms with Crippen LogP contribution in [-0.4, -0.2) is 55.5 Å². The molecular weight excluding hydrogens is 438 g/mol. The predicted octanol–water partition coefficient (Wildman–Crippen LogP) is 3.75. The van der Waals surface area contributed by atoms with Crippen molar-refractivity contribution >= 4 is 27.5 Å². The van der Waals surface area contributed by atoms with E-state index in [-0.39, 0.29) is 4.90 Å². The summed E-state index contributed by atoms with van der Waals surface area (Å²) in [4.78, 5) is 11.5. The molecule has 0 unspecified atom stereocenters. The lowest BCUT2D eigenvalue weighted by atomic mass is 10.2. The van der Waals surface area contributed by atoms with E-state index in [2.05, 4.69) is 20.2 Å². The summed E-state index contributed by atoms with van der Waals surface area (Å²) in [5.41, 5.74) is 2.95. The van der Waals surface area contributed by atoms with Crippen LogP contribution in [0.3, 0.4) is 0 Å². The first kappa shape index (κ1) is 23.0. The van der Waals surface area contributed by atoms with Crippen molar-refractivity contribution in [2.75, 3.05) is 43.0 Å². The van der Waals surface area contributed by atoms with E-state index in [4.69, 9.17) is 4.74 Å². The van der Waals surface area contributed by atoms with E-state index >= 15 is 0 Å². The number of aryl methyl sites for hydroxylation is 2. The van der Waals surface area contributed by atoms with Gasteiger partial charge in [-0.05, 0) is 57.2 Å². The first-order chi connectivity index (χ1) is 15.8. The highest BCUT2D eigenvalue weighted by Crippen LogP contribution is 2.24. The maximum atomic E-state index is 13.1. The molecule has 2 aromatic carbocycles. The molecule has 9 heteroatoms. The Morgan fingerprint density at radius 2 is 1.61 bits per heavy atom. The predicted molar refractivity (Wildman–Crippen MR) is 130 cm³/mol. The number of benzene rings is 2. The highest BCUT2D eigenvalue weighted by molar-refractivity contribution is 7.89. The summed E-state index contributed by atoms with van der Waals surface area (Å²) in [6, 6.07) is 16.6. The van der Waals surface area contributed by atoms with Gasteiger partial charge in [0.2, 0.25) is 16.0 Å². The van der Waals surface area contributed by atoms with Crippen molar-refractivity contribution in [1.29, 1.82) is 0 Å². The fraction of sp³-hybridized carbons (Fsp3) is 0.333. The van der Waals surface area contributed by atoms with Crippen LogP contribution in [0.2, 0.25) is 0 Å². The van der Waals surface area contributed by atoms with E-state index in [0.29, 0.717) is 44.5 Å². The summed E-state index contributed by atoms with van der Waals surface area (Å²) >= 11 is 0. The van der Waals surface area contributed by atoms with Crippen LogP contribution in [0.4, 0.5) is 17.5 Å². The molecule has 1 saturated heterocycles. The molecule has 1 aromatic heterocycles. The summed E-state index contributed by atoms with van der Waals surface area (Å²) in [6.45, 7) is 8.29. The van der Waals surface area contributed by atoms with Gasteiger partial charge in [-0.25, -0.2) is 13.4 Å². The molecule has 174 valence electrons. The van der Waals surface area contributed by atoms with Gasteiger partial charge >= 0.3 is 0 Å². The molecule has 1 aliphatic heterocycles. The van der Waals surface area contributed by atoms with E-state index in [1.165, 1.54) is 9.87 Å². The molecule has 3 aromatic rings. The lowest BCUT2D eigenvalue weighted by Crippen LogP contribution is -2.49. The van der Waals surface area contributed by atoms with E-state index < -0.39 is 10.0 Å². The number of hydrogen-bond donors (Lipinski definition) is 1. The molecule has 1 fully saturated rings. The Morgan fingerprint density at radius 1 is 0.939 bits per heavy atom. The van der Waals surface area contributed by atoms with Gasteiger partial charge in [0, 0.05) is 43.6 Å². The SMILES string of the molecule is CCOc1ccc(S(=O)(=O)N2CCN(c3cc(C)nc(Nc4ccc(C)cc4)n3)CC2)cc1. The average molecular weight is 468 g/mol. The summed E-state index contributed by atoms with van der Waals surface area (Å²) in [5, 5.41) is 3.25. The maximum absolute atomic E-state index is 13.1. The monoisotopic (exact) mass is 467 g/mol. The molecule has 8 nitrogen and oxygen atoms in total. The van der Waals surface area contributed by atoms with Crippen molar-refractivity contribution in [3.8, 4) is 5.75 Å². The van der Waals surface area contributed by atoms with E-state index in [9.17, 15) is 8.42 Å². The van der Waals surface area contributed by atoms with Crippen molar-refractivity contribution in [1.82, 2.24) is 14.3 Å². The zero-order valence-electron chi connectivity index (χ0n) is 19.2. The minimum absolute atomic E-state index is 0.280. The Kier molecular flexibility index (Phi) is 6.80. The zero-order valence-corrected chi connectivity index (χ0v) is 20.0. The van der Waals surface area contributed by atoms with Gasteiger partial charge in [-0.2, -0.15) is 9.29 Å². The molecule has 4 rings (SSSR count). The van der Waals surface area contributed by atoms with Crippen LogP contribution in [0.25, 0.3) is 0 Å². The summed E-state index contributed by atoms with van der Waals surface area (Å²) in [7, 11) is -3.55. The van der Waals surface area contributed by atoms with Crippen LogP contribution < -0.4 is 15.0 Å². The van der Waals surface area contributed by atoms with Crippen molar-refractivity contribution in [2.45, 2.75) is 25.7 Å². The largest absolute Gasteiger partial charge is 0.494 e. The lowest BCUT2D eigenvalue weighted by Gasteiger charge is -2.34. The van der Waals surface area contributed by atoms with Crippen LogP contribution >= 0.6 is 0 Å². The molecule has 1 N–H and O–H groups in total. The quantitative estimate of drug-likeness (QED) is 0.566. The number of sulfonamides is 1. The minimum Gasteiger partial charge on any atom is -0.494 e. The molecule has 0 saturated carbocycles. The highest BCUT2D eigenvalue weighted by atomic mass is 32.2. The minimum atomic E-state index is -3.55. The molecule has 33 heavy (non-hydrogen) atoms. The Labute approximate surface area is 195 Å². The lowest BCUT2D eigenvalue weighted by molar-refractivity contribution is 0.340. The Morgan fingerprint density at radius 3 is 2.24 bits per heavy atom. The normalized spacial score (nSPS) is 14.8. The third-order valence-electron chi connectivity index (χ3n) is 5.48. The van der Waals surface area contributed by atoms with E-state index in [0.717, 1.165) is 17.2 Å². The van der Waals surface area contributed by atoms with Crippen molar-refractivity contribution in [2.24, 2.45) is 0 Å². The fourth-order valence-corrected chi connectivity index (χ4v) is 5.14. The van der Waals surface area contributed by atoms with Crippen molar-refractivity contribution in [3.05, 3.63) is 65.9 Å². The number of nitrogens with zero attached hydrogens (tertiary/aromatic N) is 4. The van der Waals surface area contributed by atoms with Gasteiger partial charge < -0.3 is 15.0 Å². The molecular formula is C24H29N5O3S. The smallest absolute Gasteiger partial charge is 0.243 e. The van der Waals surface area contributed by atoms with Crippen LogP contribution in [0.1, 0.15) is 18.2 Å². The summed E-state index contributed by atoms with van der Waals surface area (Å²) < 4.78 is 33.1. The summed E-state index contributed by atoms with van der Waals surface area (Å²) in [6.07, 6.45) is 0. The molecule has 0 spiro atoms. The van der Waals surface area contributed by atoms with Gasteiger partial charge in [-0.15, -0.1) is 0 Å². The second-order valence-corrected chi connectivity index (χ2v) is 9.92. The molecule has 0 bridgehead atoms. The topological polar surface area (TPSA) is 87.7 Å². The Balaban J connectivity index is 1.44. The van der Waals surface area contributed by atoms with Gasteiger partial charge in [0.15, 0.2) is 0 Å². The second-order valence-electron chi connectivity index (χ2n) is 7.98. The number of nitrogens with one attached hydrogen (secondary N) is 1. The number of ether oxygens (including phenoxy) is 1. The highest BCUT2D eigenvalue weighted by Gasteiger charge is 2.29. The first-order valence-electron chi connectivity index (χ1n) is 11.0. The summed E-state index contributed by atoms with van der Waals surface area (Å²) in [5.74, 6) is 1.98.